The van der Waals surface area contributed by atoms with Crippen molar-refractivity contribution in [2.75, 3.05) is 11.5 Å². The van der Waals surface area contributed by atoms with Crippen molar-refractivity contribution in [2.45, 2.75) is 26.5 Å². The molecule has 1 N–H and O–H groups in total. The number of carbonyl (C=O) groups excluding carboxylic acids is 2. The zero-order valence-electron chi connectivity index (χ0n) is 22.0. The molecule has 1 aliphatic rings. The van der Waals surface area contributed by atoms with Gasteiger partial charge in [0, 0.05) is 0 Å². The van der Waals surface area contributed by atoms with Crippen molar-refractivity contribution in [3.05, 3.63) is 118 Å². The van der Waals surface area contributed by atoms with Crippen molar-refractivity contribution in [1.29, 1.82) is 0 Å². The second-order valence-corrected chi connectivity index (χ2v) is 10.1. The number of hydrogen-bond acceptors (Lipinski definition) is 8. The smallest absolute Gasteiger partial charge is 0.296 e. The van der Waals surface area contributed by atoms with E-state index in [0.29, 0.717) is 35.3 Å². The van der Waals surface area contributed by atoms with Crippen LogP contribution in [0.3, 0.4) is 0 Å². The normalized spacial score (nSPS) is 15.2. The van der Waals surface area contributed by atoms with Crippen LogP contribution in [-0.4, -0.2) is 33.6 Å². The van der Waals surface area contributed by atoms with Crippen molar-refractivity contribution in [1.82, 2.24) is 10.2 Å². The Balaban J connectivity index is 1.54. The highest BCUT2D eigenvalue weighted by molar-refractivity contribution is 7.15. The van der Waals surface area contributed by atoms with Crippen molar-refractivity contribution < 1.29 is 24.2 Å². The number of anilines is 1. The largest absolute Gasteiger partial charge is 0.503 e. The van der Waals surface area contributed by atoms with E-state index in [1.807, 2.05) is 67.6 Å². The van der Waals surface area contributed by atoms with E-state index in [9.17, 15) is 14.7 Å². The van der Waals surface area contributed by atoms with Gasteiger partial charge in [-0.05, 0) is 48.7 Å². The Morgan fingerprint density at radius 3 is 2.40 bits per heavy atom. The Labute approximate surface area is 235 Å². The lowest BCUT2D eigenvalue weighted by atomic mass is 9.95. The molecule has 0 fully saturated rings. The lowest BCUT2D eigenvalue weighted by Gasteiger charge is -2.24. The van der Waals surface area contributed by atoms with E-state index in [2.05, 4.69) is 10.2 Å². The summed E-state index contributed by atoms with van der Waals surface area (Å²) in [6.45, 7) is 4.34. The fraction of sp³-hybridized carbons (Fsp3) is 0.161. The summed E-state index contributed by atoms with van der Waals surface area (Å²) in [7, 11) is 0. The fourth-order valence-corrected chi connectivity index (χ4v) is 5.11. The van der Waals surface area contributed by atoms with Crippen LogP contribution in [0.4, 0.5) is 5.13 Å². The van der Waals surface area contributed by atoms with E-state index in [4.69, 9.17) is 9.47 Å². The molecular weight excluding hydrogens is 526 g/mol. The fourth-order valence-electron chi connectivity index (χ4n) is 4.40. The molecule has 0 aliphatic carbocycles. The first-order valence-corrected chi connectivity index (χ1v) is 13.6. The third kappa shape index (κ3) is 5.64. The Morgan fingerprint density at radius 2 is 1.73 bits per heavy atom. The van der Waals surface area contributed by atoms with Gasteiger partial charge in [0.1, 0.15) is 11.6 Å². The number of carbonyl (C=O) groups is 2. The average molecular weight is 554 g/mol. The average Bonchev–Trinajstić information content (AvgIpc) is 3.52. The molecule has 1 amide bonds. The monoisotopic (exact) mass is 553 g/mol. The summed E-state index contributed by atoms with van der Waals surface area (Å²) >= 11 is 1.20. The number of aliphatic hydroxyl groups is 1. The van der Waals surface area contributed by atoms with E-state index >= 15 is 0 Å². The lowest BCUT2D eigenvalue weighted by molar-refractivity contribution is -0.117. The van der Waals surface area contributed by atoms with Crippen LogP contribution in [0.5, 0.6) is 11.5 Å². The number of ether oxygens (including phenoxy) is 2. The summed E-state index contributed by atoms with van der Waals surface area (Å²) in [6, 6.07) is 23.4. The van der Waals surface area contributed by atoms with E-state index in [0.717, 1.165) is 11.1 Å². The van der Waals surface area contributed by atoms with Crippen molar-refractivity contribution in [3.8, 4) is 11.5 Å². The molecule has 1 atom stereocenters. The van der Waals surface area contributed by atoms with Gasteiger partial charge in [-0.1, -0.05) is 84.1 Å². The third-order valence-corrected chi connectivity index (χ3v) is 7.08. The van der Waals surface area contributed by atoms with Gasteiger partial charge in [0.15, 0.2) is 23.0 Å². The first-order valence-electron chi connectivity index (χ1n) is 12.7. The molecule has 40 heavy (non-hydrogen) atoms. The number of hydrogen-bond donors (Lipinski definition) is 1. The Bertz CT molecular complexity index is 1580. The molecule has 202 valence electrons. The van der Waals surface area contributed by atoms with E-state index in [1.165, 1.54) is 22.3 Å². The van der Waals surface area contributed by atoms with Gasteiger partial charge in [0.2, 0.25) is 5.13 Å². The van der Waals surface area contributed by atoms with E-state index < -0.39 is 23.5 Å². The quantitative estimate of drug-likeness (QED) is 0.240. The number of amides is 1. The maximum atomic E-state index is 13.5. The maximum Gasteiger partial charge on any atom is 0.296 e. The zero-order chi connectivity index (χ0) is 28.1. The van der Waals surface area contributed by atoms with Crippen LogP contribution in [0.1, 0.15) is 34.7 Å². The van der Waals surface area contributed by atoms with Crippen molar-refractivity contribution in [3.63, 3.8) is 0 Å². The molecule has 1 aliphatic heterocycles. The highest BCUT2D eigenvalue weighted by Gasteiger charge is 2.45. The summed E-state index contributed by atoms with van der Waals surface area (Å²) in [5.41, 5.74) is 2.31. The molecule has 0 spiro atoms. The van der Waals surface area contributed by atoms with Crippen molar-refractivity contribution in [2.24, 2.45) is 0 Å². The van der Waals surface area contributed by atoms with Crippen LogP contribution >= 0.6 is 11.3 Å². The second-order valence-electron chi connectivity index (χ2n) is 8.97. The van der Waals surface area contributed by atoms with Crippen LogP contribution < -0.4 is 14.4 Å². The summed E-state index contributed by atoms with van der Waals surface area (Å²) in [5.74, 6) is -0.870. The summed E-state index contributed by atoms with van der Waals surface area (Å²) in [6.07, 6.45) is 3.00. The van der Waals surface area contributed by atoms with Gasteiger partial charge in [0.25, 0.3) is 5.91 Å². The first-order chi connectivity index (χ1) is 19.5. The summed E-state index contributed by atoms with van der Waals surface area (Å²) < 4.78 is 11.9. The lowest BCUT2D eigenvalue weighted by Crippen LogP contribution is -2.31. The minimum atomic E-state index is -0.949. The molecule has 8 nitrogen and oxygen atoms in total. The Morgan fingerprint density at radius 1 is 1.00 bits per heavy atom. The molecule has 2 heterocycles. The molecule has 3 aromatic carbocycles. The standard InChI is InChI=1S/C31H27N3O5S/c1-3-38-26-18-23(15-17-25(26)39-19-22-12-8-5-9-13-22)28-27(24(35)16-14-21-10-6-4-7-11-21)29(36)30(37)34(28)31-33-32-20(2)40-31/h4-18,28,36H,3,19H2,1-2H3. The second kappa shape index (κ2) is 12.0. The molecule has 0 radical (unpaired) electrons. The number of ketones is 1. The highest BCUT2D eigenvalue weighted by atomic mass is 32.1. The number of aliphatic hydroxyl groups excluding tert-OH is 1. The number of allylic oxidation sites excluding steroid dienone is 1. The van der Waals surface area contributed by atoms with Crippen molar-refractivity contribution >= 4 is 34.2 Å². The molecule has 0 saturated heterocycles. The predicted octanol–water partition coefficient (Wildman–Crippen LogP) is 6.01. The Hall–Kier alpha value is -4.76. The van der Waals surface area contributed by atoms with Gasteiger partial charge in [-0.15, -0.1) is 10.2 Å². The van der Waals surface area contributed by atoms with E-state index in [1.54, 1.807) is 31.2 Å². The Kier molecular flexibility index (Phi) is 8.02. The zero-order valence-corrected chi connectivity index (χ0v) is 22.8. The van der Waals surface area contributed by atoms with Gasteiger partial charge in [-0.3, -0.25) is 14.5 Å². The van der Waals surface area contributed by atoms with Gasteiger partial charge in [-0.25, -0.2) is 0 Å². The molecule has 9 heteroatoms. The van der Waals surface area contributed by atoms with Crippen LogP contribution in [-0.2, 0) is 16.2 Å². The minimum Gasteiger partial charge on any atom is -0.503 e. The summed E-state index contributed by atoms with van der Waals surface area (Å²) in [4.78, 5) is 28.2. The maximum absolute atomic E-state index is 13.5. The number of benzene rings is 3. The molecule has 5 rings (SSSR count). The van der Waals surface area contributed by atoms with Gasteiger partial charge < -0.3 is 14.6 Å². The minimum absolute atomic E-state index is 0.0505. The molecule has 0 bridgehead atoms. The van der Waals surface area contributed by atoms with Gasteiger partial charge in [0.05, 0.1) is 18.2 Å². The molecule has 1 unspecified atom stereocenters. The SMILES string of the molecule is CCOc1cc(C2C(C(=O)C=Cc3ccccc3)=C(O)C(=O)N2c2nnc(C)s2)ccc1OCc1ccccc1. The van der Waals surface area contributed by atoms with Gasteiger partial charge >= 0.3 is 0 Å². The van der Waals surface area contributed by atoms with Crippen LogP contribution in [0, 0.1) is 6.92 Å². The first kappa shape index (κ1) is 26.8. The number of aryl methyl sites for hydroxylation is 1. The van der Waals surface area contributed by atoms with Gasteiger partial charge in [-0.2, -0.15) is 0 Å². The number of rotatable bonds is 10. The summed E-state index contributed by atoms with van der Waals surface area (Å²) in [5, 5.41) is 20.1. The van der Waals surface area contributed by atoms with Crippen LogP contribution in [0.15, 0.2) is 96.3 Å². The topological polar surface area (TPSA) is 102 Å². The molecule has 1 aromatic heterocycles. The van der Waals surface area contributed by atoms with E-state index in [-0.39, 0.29) is 10.7 Å². The number of nitrogens with zero attached hydrogens (tertiary/aromatic N) is 3. The highest BCUT2D eigenvalue weighted by Crippen LogP contribution is 2.44. The van der Waals surface area contributed by atoms with Crippen LogP contribution in [0.25, 0.3) is 6.08 Å². The molecule has 0 saturated carbocycles. The third-order valence-electron chi connectivity index (χ3n) is 6.24. The molecule has 4 aromatic rings. The predicted molar refractivity (Wildman–Crippen MR) is 153 cm³/mol. The van der Waals surface area contributed by atoms with Crippen LogP contribution in [0.2, 0.25) is 0 Å². The molecular formula is C31H27N3O5S. The number of aromatic nitrogens is 2.